The van der Waals surface area contributed by atoms with E-state index >= 15 is 0 Å². The van der Waals surface area contributed by atoms with Gasteiger partial charge in [-0.2, -0.15) is 0 Å². The van der Waals surface area contributed by atoms with E-state index in [0.717, 1.165) is 5.56 Å². The first-order valence-corrected chi connectivity index (χ1v) is 9.42. The summed E-state index contributed by atoms with van der Waals surface area (Å²) in [7, 11) is -3.79. The van der Waals surface area contributed by atoms with Crippen LogP contribution in [0, 0.1) is 13.8 Å². The lowest BCUT2D eigenvalue weighted by atomic mass is 10.1. The summed E-state index contributed by atoms with van der Waals surface area (Å²) in [5.74, 6) is -0.344. The van der Waals surface area contributed by atoms with Crippen LogP contribution in [0.2, 0.25) is 0 Å². The lowest BCUT2D eigenvalue weighted by Crippen LogP contribution is -2.38. The predicted octanol–water partition coefficient (Wildman–Crippen LogP) is 2.18. The summed E-state index contributed by atoms with van der Waals surface area (Å²) in [6.45, 7) is 5.72. The maximum Gasteiger partial charge on any atom is 0.261 e. The zero-order valence-corrected chi connectivity index (χ0v) is 15.4. The summed E-state index contributed by atoms with van der Waals surface area (Å²) in [6.07, 6.45) is 0. The highest BCUT2D eigenvalue weighted by atomic mass is 32.2. The molecule has 0 aromatic heterocycles. The molecule has 6 nitrogen and oxygen atoms in total. The second kappa shape index (κ2) is 7.67. The normalized spacial score (nSPS) is 12.5. The Hall–Kier alpha value is -2.38. The Kier molecular flexibility index (Phi) is 5.81. The lowest BCUT2D eigenvalue weighted by molar-refractivity contribution is 0.0940. The van der Waals surface area contributed by atoms with Gasteiger partial charge < -0.3 is 11.1 Å². The summed E-state index contributed by atoms with van der Waals surface area (Å²) < 4.78 is 27.8. The average Bonchev–Trinajstić information content (AvgIpc) is 2.54. The standard InChI is InChI=1S/C18H23N3O3S/c1-12-5-4-6-15(9-12)21-25(23,24)16-8-7-13(2)17(10-16)18(22)20-14(3)11-19/h4-10,14,21H,11,19H2,1-3H3,(H,20,22)/t14-/m0/s1. The number of sulfonamides is 1. The van der Waals surface area contributed by atoms with Crippen LogP contribution < -0.4 is 15.8 Å². The fraction of sp³-hybridized carbons (Fsp3) is 0.278. The Morgan fingerprint density at radius 1 is 1.16 bits per heavy atom. The largest absolute Gasteiger partial charge is 0.348 e. The lowest BCUT2D eigenvalue weighted by Gasteiger charge is -2.14. The monoisotopic (exact) mass is 361 g/mol. The highest BCUT2D eigenvalue weighted by Gasteiger charge is 2.19. The van der Waals surface area contributed by atoms with Gasteiger partial charge in [-0.1, -0.05) is 18.2 Å². The Bertz CT molecular complexity index is 879. The van der Waals surface area contributed by atoms with Crippen molar-refractivity contribution in [3.63, 3.8) is 0 Å². The van der Waals surface area contributed by atoms with Gasteiger partial charge in [-0.3, -0.25) is 9.52 Å². The third kappa shape index (κ3) is 4.80. The van der Waals surface area contributed by atoms with E-state index in [1.54, 1.807) is 38.1 Å². The second-order valence-electron chi connectivity index (χ2n) is 6.06. The highest BCUT2D eigenvalue weighted by molar-refractivity contribution is 7.92. The summed E-state index contributed by atoms with van der Waals surface area (Å²) in [4.78, 5) is 12.4. The molecule has 0 saturated carbocycles. The Balaban J connectivity index is 2.32. The molecular formula is C18H23N3O3S. The highest BCUT2D eigenvalue weighted by Crippen LogP contribution is 2.20. The average molecular weight is 361 g/mol. The molecule has 0 saturated heterocycles. The van der Waals surface area contributed by atoms with Crippen molar-refractivity contribution in [3.8, 4) is 0 Å². The fourth-order valence-corrected chi connectivity index (χ4v) is 3.37. The Labute approximate surface area is 148 Å². The number of carbonyl (C=O) groups excluding carboxylic acids is 1. The van der Waals surface area contributed by atoms with Crippen molar-refractivity contribution in [2.45, 2.75) is 31.7 Å². The smallest absolute Gasteiger partial charge is 0.261 e. The van der Waals surface area contributed by atoms with Gasteiger partial charge in [0.05, 0.1) is 4.90 Å². The number of hydrogen-bond acceptors (Lipinski definition) is 4. The van der Waals surface area contributed by atoms with Gasteiger partial charge in [0.1, 0.15) is 0 Å². The molecule has 4 N–H and O–H groups in total. The van der Waals surface area contributed by atoms with Gasteiger partial charge in [0.25, 0.3) is 15.9 Å². The van der Waals surface area contributed by atoms with Gasteiger partial charge in [-0.15, -0.1) is 0 Å². The molecule has 134 valence electrons. The number of anilines is 1. The first-order chi connectivity index (χ1) is 11.7. The number of aryl methyl sites for hydroxylation is 2. The zero-order chi connectivity index (χ0) is 18.6. The number of nitrogens with one attached hydrogen (secondary N) is 2. The van der Waals surface area contributed by atoms with E-state index in [2.05, 4.69) is 10.0 Å². The molecule has 0 unspecified atom stereocenters. The molecule has 2 aromatic rings. The first-order valence-electron chi connectivity index (χ1n) is 7.94. The molecule has 25 heavy (non-hydrogen) atoms. The molecule has 0 heterocycles. The number of hydrogen-bond donors (Lipinski definition) is 3. The quantitative estimate of drug-likeness (QED) is 0.734. The van der Waals surface area contributed by atoms with Crippen LogP contribution in [0.25, 0.3) is 0 Å². The van der Waals surface area contributed by atoms with Gasteiger partial charge in [-0.25, -0.2) is 8.42 Å². The molecule has 7 heteroatoms. The molecular weight excluding hydrogens is 338 g/mol. The van der Waals surface area contributed by atoms with Crippen molar-refractivity contribution in [2.75, 3.05) is 11.3 Å². The summed E-state index contributed by atoms with van der Waals surface area (Å²) >= 11 is 0. The molecule has 1 amide bonds. The first kappa shape index (κ1) is 19.0. The van der Waals surface area contributed by atoms with Crippen LogP contribution in [0.15, 0.2) is 47.4 Å². The molecule has 0 aliphatic rings. The van der Waals surface area contributed by atoms with Crippen molar-refractivity contribution in [3.05, 3.63) is 59.2 Å². The van der Waals surface area contributed by atoms with Crippen molar-refractivity contribution < 1.29 is 13.2 Å². The molecule has 0 aliphatic heterocycles. The van der Waals surface area contributed by atoms with Crippen molar-refractivity contribution in [1.29, 1.82) is 0 Å². The molecule has 2 rings (SSSR count). The Morgan fingerprint density at radius 2 is 1.88 bits per heavy atom. The summed E-state index contributed by atoms with van der Waals surface area (Å²) in [6, 6.07) is 11.4. The number of nitrogens with two attached hydrogens (primary N) is 1. The van der Waals surface area contributed by atoms with E-state index in [-0.39, 0.29) is 16.8 Å². The minimum Gasteiger partial charge on any atom is -0.348 e. The van der Waals surface area contributed by atoms with E-state index in [4.69, 9.17) is 5.73 Å². The zero-order valence-electron chi connectivity index (χ0n) is 14.5. The number of amides is 1. The van der Waals surface area contributed by atoms with Gasteiger partial charge in [0, 0.05) is 23.8 Å². The molecule has 0 aliphatic carbocycles. The SMILES string of the molecule is Cc1cccc(NS(=O)(=O)c2ccc(C)c(C(=O)N[C@@H](C)CN)c2)c1. The topological polar surface area (TPSA) is 101 Å². The van der Waals surface area contributed by atoms with Crippen LogP contribution in [0.1, 0.15) is 28.4 Å². The van der Waals surface area contributed by atoms with Crippen LogP contribution in [0.3, 0.4) is 0 Å². The predicted molar refractivity (Wildman–Crippen MR) is 99.1 cm³/mol. The number of carbonyl (C=O) groups is 1. The van der Waals surface area contributed by atoms with Crippen LogP contribution in [-0.4, -0.2) is 26.9 Å². The van der Waals surface area contributed by atoms with Crippen molar-refractivity contribution in [1.82, 2.24) is 5.32 Å². The minimum absolute atomic E-state index is 0.0326. The molecule has 2 aromatic carbocycles. The van der Waals surface area contributed by atoms with Gasteiger partial charge in [0.2, 0.25) is 0 Å². The molecule has 0 bridgehead atoms. The van der Waals surface area contributed by atoms with Crippen LogP contribution in [0.4, 0.5) is 5.69 Å². The molecule has 0 radical (unpaired) electrons. The van der Waals surface area contributed by atoms with E-state index in [1.165, 1.54) is 12.1 Å². The maximum absolute atomic E-state index is 12.6. The van der Waals surface area contributed by atoms with Crippen molar-refractivity contribution in [2.24, 2.45) is 5.73 Å². The second-order valence-corrected chi connectivity index (χ2v) is 7.74. The van der Waals surface area contributed by atoms with Gasteiger partial charge in [-0.05, 0) is 56.2 Å². The Morgan fingerprint density at radius 3 is 2.52 bits per heavy atom. The van der Waals surface area contributed by atoms with Crippen LogP contribution >= 0.6 is 0 Å². The van der Waals surface area contributed by atoms with Crippen LogP contribution in [-0.2, 0) is 10.0 Å². The van der Waals surface area contributed by atoms with E-state index < -0.39 is 10.0 Å². The summed E-state index contributed by atoms with van der Waals surface area (Å²) in [5, 5.41) is 2.74. The number of benzene rings is 2. The maximum atomic E-state index is 12.6. The van der Waals surface area contributed by atoms with E-state index in [9.17, 15) is 13.2 Å². The van der Waals surface area contributed by atoms with E-state index in [0.29, 0.717) is 23.4 Å². The fourth-order valence-electron chi connectivity index (χ4n) is 2.30. The van der Waals surface area contributed by atoms with Crippen molar-refractivity contribution >= 4 is 21.6 Å². The third-order valence-electron chi connectivity index (χ3n) is 3.77. The molecule has 0 spiro atoms. The van der Waals surface area contributed by atoms with Gasteiger partial charge in [0.15, 0.2) is 0 Å². The molecule has 0 fully saturated rings. The minimum atomic E-state index is -3.79. The third-order valence-corrected chi connectivity index (χ3v) is 5.14. The van der Waals surface area contributed by atoms with Gasteiger partial charge >= 0.3 is 0 Å². The number of rotatable bonds is 6. The van der Waals surface area contributed by atoms with Crippen LogP contribution in [0.5, 0.6) is 0 Å². The van der Waals surface area contributed by atoms with E-state index in [1.807, 2.05) is 13.0 Å². The summed E-state index contributed by atoms with van der Waals surface area (Å²) in [5.41, 5.74) is 7.94. The molecule has 1 atom stereocenters.